The molecule has 20 aliphatic rings. The third kappa shape index (κ3) is 9.76. The SMILES string of the molecule is Cc1ccc(N2c3ccccc3B3c4ccccc4-c4cccc2c43)cc1.[BH2-]1B2B3B1P23(Nc1ccccc1)c1ccc2c3c1N(c1ccccc1)c1ccccc1B3c1ccccc1-2.[BH2-]1B2B3B1P23(Nc1ccccc1)c1cccc(N2c3ccccc3B3c4ccccc4-c4cccc2c43)c1.[BH2-]1B2B3B1P23(Nc1ccccc1)c1ccccc1N1c2ccccc2B2c3ccccc3-c3cccc1c32. The standard InChI is InChI=1S/3C30H23B5N2P.C25H18BN/c1-3-11-21(12-4-1)36-38(33-31-34(38)35(33)38)28-20-19-24-23-15-7-8-16-25(23)32-26-17-9-10-18-27(26)37(30(28)29(24)32)22-13-5-2-6-14-22;1-2-10-21(11-3-1)36-38(33-31-34(38)35(33)38)23-13-8-12-22(20-23)37-28-18-7-6-17-27(28)32-26-16-5-4-14-24(26)25-15-9-19-29(37)30(25)32;1-2-11-21(12-3-1)36-38(33-31-34(38)35(33)38)29-20-9-8-18-27(29)37-26-17-7-6-16-25(26)32-24-15-5-4-13-22(24)23-14-10-19-28(37)30(23)32;1-17-13-15-18(16-14-17)27-23-11-5-4-10-22(23)26-21-9-3-2-7-19(21)20-8-6-12-24(27)25(20)26/h3*1-20,36H,31H2;2-16H,1H3/q3*-1;. The van der Waals surface area contributed by atoms with Gasteiger partial charge in [-0.05, 0) is 53.2 Å². The van der Waals surface area contributed by atoms with Crippen LogP contribution in [0, 0.1) is 6.92 Å². The Labute approximate surface area is 830 Å². The zero-order chi connectivity index (χ0) is 91.9. The van der Waals surface area contributed by atoms with E-state index in [0.29, 0.717) is 26.9 Å². The van der Waals surface area contributed by atoms with Crippen molar-refractivity contribution in [2.45, 2.75) is 6.92 Å². The molecule has 648 valence electrons. The number of benzene rings is 19. The molecular weight excluding hydrogens is 1750 g/mol. The van der Waals surface area contributed by atoms with E-state index in [1.54, 1.807) is 15.9 Å². The first-order chi connectivity index (χ1) is 69.8. The number of hydrogen-bond acceptors (Lipinski definition) is 7. The van der Waals surface area contributed by atoms with Crippen molar-refractivity contribution in [2.75, 3.05) is 34.9 Å². The molecule has 0 radical (unpaired) electrons. The van der Waals surface area contributed by atoms with Gasteiger partial charge in [-0.25, -0.2) is 0 Å². The summed E-state index contributed by atoms with van der Waals surface area (Å²) in [6.45, 7) is 3.37. The van der Waals surface area contributed by atoms with Crippen molar-refractivity contribution in [1.29, 1.82) is 0 Å². The van der Waals surface area contributed by atoms with Crippen molar-refractivity contribution in [1.82, 2.24) is 0 Å². The molecule has 0 unspecified atom stereocenters. The number of nitrogens with one attached hydrogen (secondary N) is 3. The van der Waals surface area contributed by atoms with Crippen LogP contribution in [0.4, 0.5) is 85.3 Å². The Morgan fingerprint density at radius 1 is 0.206 bits per heavy atom. The third-order valence-corrected chi connectivity index (χ3v) is 65.4. The summed E-state index contributed by atoms with van der Waals surface area (Å²) >= 11 is 0. The monoisotopic (exact) mass is 1830 g/mol. The molecule has 0 aliphatic carbocycles. The predicted octanol–water partition coefficient (Wildman–Crippen LogP) is 14.8. The van der Waals surface area contributed by atoms with Gasteiger partial charge in [-0.3, -0.25) is 0 Å². The Morgan fingerprint density at radius 3 is 0.915 bits per heavy atom. The molecule has 0 spiro atoms. The van der Waals surface area contributed by atoms with E-state index in [-0.39, 0.29) is 21.2 Å². The van der Waals surface area contributed by atoms with Crippen molar-refractivity contribution >= 4 is 290 Å². The summed E-state index contributed by atoms with van der Waals surface area (Å²) in [7, 11) is 0.619. The van der Waals surface area contributed by atoms with E-state index in [9.17, 15) is 0 Å². The first-order valence-corrected chi connectivity index (χ1v) is 59.5. The average Bonchev–Trinajstić information content (AvgIpc) is 1.37. The van der Waals surface area contributed by atoms with Gasteiger partial charge in [0, 0.05) is 17.1 Å². The minimum absolute atomic E-state index is 0.181. The maximum absolute atomic E-state index is 4.35. The number of para-hydroxylation sites is 9. The molecule has 26 heteroatoms. The van der Waals surface area contributed by atoms with Gasteiger partial charge < -0.3 is 4.90 Å². The molecule has 3 N–H and O–H groups in total. The number of nitrogens with zero attached hydrogens (tertiary/aromatic N) is 4. The zero-order valence-corrected chi connectivity index (χ0v) is 81.6. The fourth-order valence-corrected chi connectivity index (χ4v) is 64.9. The second-order valence-corrected chi connectivity index (χ2v) is 61.1. The first kappa shape index (κ1) is 79.9. The van der Waals surface area contributed by atoms with Crippen molar-refractivity contribution in [3.8, 4) is 44.5 Å². The van der Waals surface area contributed by atoms with Crippen molar-refractivity contribution in [2.24, 2.45) is 0 Å². The van der Waals surface area contributed by atoms with Gasteiger partial charge in [0.2, 0.25) is 6.71 Å². The fraction of sp³-hybridized carbons (Fsp3) is 0.00870. The number of rotatable bonds is 13. The number of anilines is 15. The van der Waals surface area contributed by atoms with Crippen molar-refractivity contribution in [3.63, 3.8) is 0 Å². The maximum atomic E-state index is 4.35. The number of fused-ring (bicyclic) bond motifs is 20. The van der Waals surface area contributed by atoms with Crippen LogP contribution in [0.25, 0.3) is 44.5 Å². The number of hydrogen-bond donors (Lipinski definition) is 3. The Bertz CT molecular complexity index is 8660. The molecule has 0 aromatic heterocycles. The van der Waals surface area contributed by atoms with E-state index >= 15 is 0 Å². The van der Waals surface area contributed by atoms with E-state index in [2.05, 4.69) is 497 Å². The normalized spacial score (nSPS) is 18.5. The Kier molecular flexibility index (Phi) is 15.9. The van der Waals surface area contributed by atoms with E-state index in [1.807, 2.05) is 0 Å². The summed E-state index contributed by atoms with van der Waals surface area (Å²) in [5, 5.41) is 17.8. The van der Waals surface area contributed by atoms with Crippen LogP contribution in [-0.4, -0.2) is 104 Å². The fourth-order valence-electron chi connectivity index (χ4n) is 34.0. The summed E-state index contributed by atoms with van der Waals surface area (Å²) in [6, 6.07) is 170. The topological polar surface area (TPSA) is 49.1 Å². The van der Waals surface area contributed by atoms with E-state index in [4.69, 9.17) is 0 Å². The zero-order valence-electron chi connectivity index (χ0n) is 78.9. The molecule has 0 amide bonds. The van der Waals surface area contributed by atoms with E-state index in [1.165, 1.54) is 201 Å². The van der Waals surface area contributed by atoms with Crippen molar-refractivity contribution in [3.05, 3.63) is 461 Å². The molecule has 12 saturated heterocycles. The van der Waals surface area contributed by atoms with Crippen LogP contribution >= 0.6 is 19.2 Å². The van der Waals surface area contributed by atoms with Gasteiger partial charge in [0.1, 0.15) is 0 Å². The Morgan fingerprint density at radius 2 is 0.496 bits per heavy atom. The van der Waals surface area contributed by atoms with Gasteiger partial charge in [0.15, 0.2) is 0 Å². The Balaban J connectivity index is 0.0000000839. The second-order valence-electron chi connectivity index (χ2n) is 44.3. The Hall–Kier alpha value is -13.9. The van der Waals surface area contributed by atoms with Crippen LogP contribution in [0.1, 0.15) is 5.56 Å². The van der Waals surface area contributed by atoms with Crippen LogP contribution in [0.2, 0.25) is 0 Å². The van der Waals surface area contributed by atoms with Crippen LogP contribution in [-0.2, 0) is 0 Å². The predicted molar refractivity (Wildman–Crippen MR) is 637 cm³/mol. The van der Waals surface area contributed by atoms with Gasteiger partial charge in [0.05, 0.1) is 0 Å². The molecule has 6 bridgehead atoms. The first-order valence-electron chi connectivity index (χ1n) is 52.2. The van der Waals surface area contributed by atoms with Crippen LogP contribution in [0.5, 0.6) is 0 Å². The summed E-state index contributed by atoms with van der Waals surface area (Å²) in [5.41, 5.74) is 49.8. The minimum atomic E-state index is -2.16. The van der Waals surface area contributed by atoms with Crippen LogP contribution in [0.15, 0.2) is 455 Å². The van der Waals surface area contributed by atoms with Gasteiger partial charge >= 0.3 is 677 Å². The molecule has 7 nitrogen and oxygen atoms in total. The quantitative estimate of drug-likeness (QED) is 0.0785. The van der Waals surface area contributed by atoms with Crippen molar-refractivity contribution < 1.29 is 0 Å². The van der Waals surface area contributed by atoms with Crippen LogP contribution in [0.3, 0.4) is 0 Å². The molecule has 19 aromatic rings. The molecule has 20 heterocycles. The molecule has 12 fully saturated rings. The molecule has 0 atom stereocenters. The van der Waals surface area contributed by atoms with Crippen LogP contribution < -0.4 is 116 Å². The number of aryl methyl sites for hydroxylation is 1. The van der Waals surface area contributed by atoms with Gasteiger partial charge in [0.25, 0.3) is 0 Å². The molecule has 0 saturated carbocycles. The molecular formula is C115H87B16N7P3-3. The molecule has 39 rings (SSSR count). The van der Waals surface area contributed by atoms with E-state index < -0.39 is 19.2 Å². The third-order valence-electron chi connectivity index (χ3n) is 40.0. The summed E-state index contributed by atoms with van der Waals surface area (Å²) in [5.74, 6) is 0. The van der Waals surface area contributed by atoms with E-state index in [0.717, 1.165) is 55.9 Å². The van der Waals surface area contributed by atoms with Gasteiger partial charge in [-0.1, -0.05) is 77.8 Å². The summed E-state index contributed by atoms with van der Waals surface area (Å²) in [6.07, 6.45) is 2.63. The molecule has 141 heavy (non-hydrogen) atoms. The molecule has 20 aliphatic heterocycles. The molecule has 19 aromatic carbocycles. The van der Waals surface area contributed by atoms with Gasteiger partial charge in [-0.2, -0.15) is 0 Å². The summed E-state index contributed by atoms with van der Waals surface area (Å²) < 4.78 is 0. The average molecular weight is 1830 g/mol. The summed E-state index contributed by atoms with van der Waals surface area (Å²) in [4.78, 5) is 10.2. The van der Waals surface area contributed by atoms with Gasteiger partial charge in [-0.15, -0.1) is 0 Å². The second kappa shape index (κ2) is 28.1.